The highest BCUT2D eigenvalue weighted by Gasteiger charge is 2.35. The Bertz CT molecular complexity index is 1730. The molecule has 0 unspecified atom stereocenters. The fraction of sp³-hybridized carbons (Fsp3) is 0.297. The van der Waals surface area contributed by atoms with Crippen LogP contribution in [0.1, 0.15) is 47.6 Å². The van der Waals surface area contributed by atoms with Crippen LogP contribution >= 0.6 is 15.9 Å². The van der Waals surface area contributed by atoms with Crippen molar-refractivity contribution in [2.24, 2.45) is 0 Å². The highest BCUT2D eigenvalue weighted by Crippen LogP contribution is 2.29. The molecule has 9 heteroatoms. The molecule has 242 valence electrons. The molecule has 4 aromatic carbocycles. The number of nitrogens with zero attached hydrogens (tertiary/aromatic N) is 2. The summed E-state index contributed by atoms with van der Waals surface area (Å²) >= 11 is 3.47. The first-order valence-electron chi connectivity index (χ1n) is 15.5. The molecule has 46 heavy (non-hydrogen) atoms. The highest BCUT2D eigenvalue weighted by molar-refractivity contribution is 9.10. The second-order valence-corrected chi connectivity index (χ2v) is 14.4. The summed E-state index contributed by atoms with van der Waals surface area (Å²) in [5.74, 6) is -0.757. The molecule has 0 bridgehead atoms. The van der Waals surface area contributed by atoms with Crippen molar-refractivity contribution < 1.29 is 18.0 Å². The molecular formula is C37H42BrN3O4S. The lowest BCUT2D eigenvalue weighted by Gasteiger charge is -2.34. The third-order valence-electron chi connectivity index (χ3n) is 7.88. The van der Waals surface area contributed by atoms with Crippen molar-refractivity contribution in [1.29, 1.82) is 0 Å². The molecular weight excluding hydrogens is 662 g/mol. The van der Waals surface area contributed by atoms with Crippen molar-refractivity contribution in [2.75, 3.05) is 17.4 Å². The van der Waals surface area contributed by atoms with E-state index in [2.05, 4.69) is 21.2 Å². The molecule has 0 heterocycles. The maximum Gasteiger partial charge on any atom is 0.264 e. The first kappa shape index (κ1) is 34.9. The van der Waals surface area contributed by atoms with E-state index in [1.54, 1.807) is 30.3 Å². The number of halogens is 1. The smallest absolute Gasteiger partial charge is 0.264 e. The summed E-state index contributed by atoms with van der Waals surface area (Å²) in [4.78, 5) is 30.1. The molecule has 1 atom stereocenters. The van der Waals surface area contributed by atoms with Crippen molar-refractivity contribution >= 4 is 43.5 Å². The van der Waals surface area contributed by atoms with E-state index in [9.17, 15) is 18.0 Å². The standard InChI is InChI=1S/C37H42BrN3O4S/c1-5-6-22-39-37(43)35(24-30-10-8-7-9-11-30)40(25-31-15-17-32(38)18-16-31)36(42)26-41(34-21-14-28(3)23-29(34)4)46(44,45)33-19-12-27(2)13-20-33/h7-21,23,35H,5-6,22,24-26H2,1-4H3,(H,39,43)/t35-/m1/s1. The molecule has 0 spiro atoms. The molecule has 0 saturated heterocycles. The van der Waals surface area contributed by atoms with Gasteiger partial charge in [0.05, 0.1) is 10.6 Å². The van der Waals surface area contributed by atoms with Gasteiger partial charge in [-0.2, -0.15) is 0 Å². The van der Waals surface area contributed by atoms with E-state index in [1.165, 1.54) is 9.21 Å². The van der Waals surface area contributed by atoms with Gasteiger partial charge in [0.15, 0.2) is 0 Å². The van der Waals surface area contributed by atoms with Crippen molar-refractivity contribution in [3.05, 3.63) is 129 Å². The fourth-order valence-corrected chi connectivity index (χ4v) is 7.03. The molecule has 1 N–H and O–H groups in total. The Morgan fingerprint density at radius 1 is 0.826 bits per heavy atom. The zero-order valence-corrected chi connectivity index (χ0v) is 29.3. The maximum atomic E-state index is 14.6. The minimum Gasteiger partial charge on any atom is -0.354 e. The van der Waals surface area contributed by atoms with E-state index in [4.69, 9.17) is 0 Å². The van der Waals surface area contributed by atoms with Crippen LogP contribution in [0.2, 0.25) is 0 Å². The topological polar surface area (TPSA) is 86.8 Å². The van der Waals surface area contributed by atoms with Crippen LogP contribution in [-0.2, 0) is 32.6 Å². The van der Waals surface area contributed by atoms with Gasteiger partial charge >= 0.3 is 0 Å². The molecule has 0 aliphatic rings. The minimum absolute atomic E-state index is 0.0866. The number of amides is 2. The second-order valence-electron chi connectivity index (χ2n) is 11.6. The second kappa shape index (κ2) is 16.1. The molecule has 7 nitrogen and oxygen atoms in total. The van der Waals surface area contributed by atoms with E-state index in [-0.39, 0.29) is 23.8 Å². The maximum absolute atomic E-state index is 14.6. The average Bonchev–Trinajstić information content (AvgIpc) is 3.03. The van der Waals surface area contributed by atoms with Crippen molar-refractivity contribution in [2.45, 2.75) is 64.4 Å². The van der Waals surface area contributed by atoms with Crippen LogP contribution in [0, 0.1) is 20.8 Å². The number of carbonyl (C=O) groups excluding carboxylic acids is 2. The van der Waals surface area contributed by atoms with Gasteiger partial charge in [-0.3, -0.25) is 13.9 Å². The van der Waals surface area contributed by atoms with E-state index in [0.717, 1.165) is 45.1 Å². The predicted molar refractivity (Wildman–Crippen MR) is 188 cm³/mol. The number of carbonyl (C=O) groups is 2. The third kappa shape index (κ3) is 9.07. The van der Waals surface area contributed by atoms with Gasteiger partial charge in [-0.05, 0) is 74.2 Å². The van der Waals surface area contributed by atoms with Gasteiger partial charge in [0.1, 0.15) is 12.6 Å². The van der Waals surface area contributed by atoms with E-state index in [0.29, 0.717) is 12.2 Å². The molecule has 0 saturated carbocycles. The van der Waals surface area contributed by atoms with Crippen LogP contribution in [0.25, 0.3) is 0 Å². The van der Waals surface area contributed by atoms with Gasteiger partial charge in [0.25, 0.3) is 10.0 Å². The number of sulfonamides is 1. The SMILES string of the molecule is CCCCNC(=O)[C@@H](Cc1ccccc1)N(Cc1ccc(Br)cc1)C(=O)CN(c1ccc(C)cc1C)S(=O)(=O)c1ccc(C)cc1. The Hall–Kier alpha value is -3.95. The van der Waals surface area contributed by atoms with Gasteiger partial charge in [0.2, 0.25) is 11.8 Å². The monoisotopic (exact) mass is 703 g/mol. The number of anilines is 1. The van der Waals surface area contributed by atoms with Crippen LogP contribution in [0.4, 0.5) is 5.69 Å². The summed E-state index contributed by atoms with van der Waals surface area (Å²) in [6, 6.07) is 28.3. The summed E-state index contributed by atoms with van der Waals surface area (Å²) in [5, 5.41) is 3.02. The third-order valence-corrected chi connectivity index (χ3v) is 10.2. The predicted octanol–water partition coefficient (Wildman–Crippen LogP) is 7.13. The van der Waals surface area contributed by atoms with Crippen LogP contribution in [0.3, 0.4) is 0 Å². The number of nitrogens with one attached hydrogen (secondary N) is 1. The van der Waals surface area contributed by atoms with Gasteiger partial charge in [0, 0.05) is 24.0 Å². The molecule has 0 aliphatic carbocycles. The summed E-state index contributed by atoms with van der Waals surface area (Å²) in [6.07, 6.45) is 1.99. The molecule has 2 amide bonds. The lowest BCUT2D eigenvalue weighted by Crippen LogP contribution is -2.53. The van der Waals surface area contributed by atoms with E-state index >= 15 is 0 Å². The quantitative estimate of drug-likeness (QED) is 0.142. The number of hydrogen-bond acceptors (Lipinski definition) is 4. The Balaban J connectivity index is 1.81. The Morgan fingerprint density at radius 2 is 1.48 bits per heavy atom. The fourth-order valence-electron chi connectivity index (χ4n) is 5.28. The molecule has 4 rings (SSSR count). The first-order valence-corrected chi connectivity index (χ1v) is 17.7. The summed E-state index contributed by atoms with van der Waals surface area (Å²) in [7, 11) is -4.16. The lowest BCUT2D eigenvalue weighted by atomic mass is 10.0. The summed E-state index contributed by atoms with van der Waals surface area (Å²) < 4.78 is 30.6. The Labute approximate surface area is 281 Å². The largest absolute Gasteiger partial charge is 0.354 e. The number of hydrogen-bond donors (Lipinski definition) is 1. The Morgan fingerprint density at radius 3 is 2.11 bits per heavy atom. The zero-order chi connectivity index (χ0) is 33.3. The van der Waals surface area contributed by atoms with Gasteiger partial charge in [-0.25, -0.2) is 8.42 Å². The molecule has 0 aromatic heterocycles. The van der Waals surface area contributed by atoms with Crippen LogP contribution in [0.15, 0.2) is 106 Å². The molecule has 0 radical (unpaired) electrons. The van der Waals surface area contributed by atoms with Crippen LogP contribution in [0.5, 0.6) is 0 Å². The zero-order valence-electron chi connectivity index (χ0n) is 26.9. The van der Waals surface area contributed by atoms with Gasteiger partial charge in [-0.15, -0.1) is 0 Å². The number of aryl methyl sites for hydroxylation is 3. The first-order chi connectivity index (χ1) is 22.0. The number of benzene rings is 4. The summed E-state index contributed by atoms with van der Waals surface area (Å²) in [6.45, 7) is 7.83. The van der Waals surface area contributed by atoms with Crippen molar-refractivity contribution in [3.8, 4) is 0 Å². The normalized spacial score (nSPS) is 11.9. The van der Waals surface area contributed by atoms with Crippen LogP contribution in [-0.4, -0.2) is 44.3 Å². The average molecular weight is 705 g/mol. The molecule has 0 fully saturated rings. The Kier molecular flexibility index (Phi) is 12.2. The molecule has 0 aliphatic heterocycles. The van der Waals surface area contributed by atoms with Crippen molar-refractivity contribution in [3.63, 3.8) is 0 Å². The number of rotatable bonds is 14. The van der Waals surface area contributed by atoms with Crippen LogP contribution < -0.4 is 9.62 Å². The summed E-state index contributed by atoms with van der Waals surface area (Å²) in [5.41, 5.74) is 4.74. The molecule has 4 aromatic rings. The minimum atomic E-state index is -4.16. The van der Waals surface area contributed by atoms with E-state index in [1.807, 2.05) is 94.4 Å². The number of unbranched alkanes of at least 4 members (excludes halogenated alkanes) is 1. The van der Waals surface area contributed by atoms with Gasteiger partial charge < -0.3 is 10.2 Å². The lowest BCUT2D eigenvalue weighted by molar-refractivity contribution is -0.140. The van der Waals surface area contributed by atoms with Crippen molar-refractivity contribution in [1.82, 2.24) is 10.2 Å². The van der Waals surface area contributed by atoms with E-state index < -0.39 is 28.5 Å². The van der Waals surface area contributed by atoms with Gasteiger partial charge in [-0.1, -0.05) is 107 Å². The highest BCUT2D eigenvalue weighted by atomic mass is 79.9.